The fraction of sp³-hybridized carbons (Fsp3) is 0.387. The summed E-state index contributed by atoms with van der Waals surface area (Å²) in [7, 11) is -3.65. The van der Waals surface area contributed by atoms with E-state index in [4.69, 9.17) is 13.8 Å². The minimum atomic E-state index is -3.65. The van der Waals surface area contributed by atoms with Gasteiger partial charge in [-0.05, 0) is 63.8 Å². The Morgan fingerprint density at radius 2 is 1.68 bits per heavy atom. The number of rotatable bonds is 16. The molecule has 0 spiro atoms. The van der Waals surface area contributed by atoms with Crippen molar-refractivity contribution < 1.29 is 23.1 Å². The molecule has 0 bridgehead atoms. The van der Waals surface area contributed by atoms with Crippen LogP contribution in [0.25, 0.3) is 6.08 Å². The Kier molecular flexibility index (Phi) is 12.8. The third kappa shape index (κ3) is 10.1. The molecular formula is C31H42NO5P. The molecule has 0 heterocycles. The monoisotopic (exact) mass is 539 g/mol. The van der Waals surface area contributed by atoms with Gasteiger partial charge in [0.25, 0.3) is 5.91 Å². The van der Waals surface area contributed by atoms with Crippen LogP contribution in [0.5, 0.6) is 5.75 Å². The second kappa shape index (κ2) is 15.5. The van der Waals surface area contributed by atoms with E-state index in [0.717, 1.165) is 18.4 Å². The summed E-state index contributed by atoms with van der Waals surface area (Å²) in [5.74, 6) is -0.815. The molecule has 1 unspecified atom stereocenters. The molecule has 6 nitrogen and oxygen atoms in total. The summed E-state index contributed by atoms with van der Waals surface area (Å²) in [5.41, 5.74) is 2.87. The van der Waals surface area contributed by atoms with Crippen LogP contribution < -0.4 is 10.1 Å². The van der Waals surface area contributed by atoms with Crippen LogP contribution in [0.2, 0.25) is 0 Å². The van der Waals surface area contributed by atoms with Crippen molar-refractivity contribution in [3.63, 3.8) is 0 Å². The molecule has 0 saturated carbocycles. The molecule has 0 fully saturated rings. The van der Waals surface area contributed by atoms with E-state index >= 15 is 0 Å². The summed E-state index contributed by atoms with van der Waals surface area (Å²) < 4.78 is 30.2. The van der Waals surface area contributed by atoms with Gasteiger partial charge in [-0.25, -0.2) is 0 Å². The standard InChI is InChI=1S/C31H42NO5P/c1-7-31(6,22-13-14-25(4)5)23-21-26-17-19-28(20-18-26)35-24-29(33)32-30(27-15-11-10-12-16-27)38(34,36-8-2)37-9-3/h7,10-12,14-21,23,30H,1,8-9,13,22,24H2,2-6H3,(H,32,33)/b23-21+/t30?,31-/m1/s1. The Hall–Kier alpha value is -2.92. The van der Waals surface area contributed by atoms with Crippen molar-refractivity contribution in [3.05, 3.63) is 96.1 Å². The molecule has 0 aromatic heterocycles. The Labute approximate surface area is 228 Å². The van der Waals surface area contributed by atoms with E-state index in [2.05, 4.69) is 50.9 Å². The van der Waals surface area contributed by atoms with E-state index in [1.165, 1.54) is 5.57 Å². The van der Waals surface area contributed by atoms with Gasteiger partial charge in [0.1, 0.15) is 5.75 Å². The number of hydrogen-bond acceptors (Lipinski definition) is 5. The first-order valence-electron chi connectivity index (χ1n) is 13.1. The molecular weight excluding hydrogens is 497 g/mol. The van der Waals surface area contributed by atoms with Gasteiger partial charge in [0.05, 0.1) is 13.2 Å². The predicted molar refractivity (Wildman–Crippen MR) is 156 cm³/mol. The van der Waals surface area contributed by atoms with Gasteiger partial charge in [-0.1, -0.05) is 79.3 Å². The summed E-state index contributed by atoms with van der Waals surface area (Å²) in [4.78, 5) is 12.8. The van der Waals surface area contributed by atoms with Crippen molar-refractivity contribution in [2.75, 3.05) is 19.8 Å². The van der Waals surface area contributed by atoms with Gasteiger partial charge >= 0.3 is 7.60 Å². The van der Waals surface area contributed by atoms with Crippen LogP contribution in [0.15, 0.2) is 85.0 Å². The number of ether oxygens (including phenoxy) is 1. The topological polar surface area (TPSA) is 73.9 Å². The molecule has 2 rings (SSSR count). The van der Waals surface area contributed by atoms with E-state index in [1.807, 2.05) is 48.5 Å². The Balaban J connectivity index is 2.03. The number of allylic oxidation sites excluding steroid dienone is 4. The molecule has 7 heteroatoms. The lowest BCUT2D eigenvalue weighted by atomic mass is 9.84. The summed E-state index contributed by atoms with van der Waals surface area (Å²) in [6.45, 7) is 14.0. The maximum atomic E-state index is 13.5. The zero-order valence-corrected chi connectivity index (χ0v) is 24.2. The van der Waals surface area contributed by atoms with Gasteiger partial charge in [-0.2, -0.15) is 0 Å². The number of hydrogen-bond donors (Lipinski definition) is 1. The lowest BCUT2D eigenvalue weighted by molar-refractivity contribution is -0.123. The molecule has 0 aliphatic carbocycles. The van der Waals surface area contributed by atoms with E-state index in [-0.39, 0.29) is 25.2 Å². The number of nitrogens with one attached hydrogen (secondary N) is 1. The number of amides is 1. The number of benzene rings is 2. The van der Waals surface area contributed by atoms with Crippen LogP contribution in [0.4, 0.5) is 0 Å². The Morgan fingerprint density at radius 3 is 2.24 bits per heavy atom. The van der Waals surface area contributed by atoms with Crippen LogP contribution in [0.1, 0.15) is 64.4 Å². The molecule has 2 atom stereocenters. The van der Waals surface area contributed by atoms with Crippen molar-refractivity contribution in [2.45, 2.75) is 53.2 Å². The van der Waals surface area contributed by atoms with Crippen molar-refractivity contribution in [1.82, 2.24) is 5.32 Å². The second-order valence-electron chi connectivity index (χ2n) is 9.48. The smallest absolute Gasteiger partial charge is 0.357 e. The highest BCUT2D eigenvalue weighted by Gasteiger charge is 2.38. The Bertz CT molecular complexity index is 1110. The number of carbonyl (C=O) groups excluding carboxylic acids is 1. The quantitative estimate of drug-likeness (QED) is 0.172. The SMILES string of the molecule is C=C[C@@](C)(/C=C/c1ccc(OCC(=O)NC(c2ccccc2)P(=O)(OCC)OCC)cc1)CCC=C(C)C. The average molecular weight is 540 g/mol. The van der Waals surface area contributed by atoms with Crippen LogP contribution in [0, 0.1) is 5.41 Å². The molecule has 2 aromatic carbocycles. The van der Waals surface area contributed by atoms with Crippen molar-refractivity contribution in [3.8, 4) is 5.75 Å². The van der Waals surface area contributed by atoms with Crippen molar-refractivity contribution in [2.24, 2.45) is 5.41 Å². The molecule has 0 saturated heterocycles. The fourth-order valence-corrected chi connectivity index (χ4v) is 5.69. The normalized spacial score (nSPS) is 13.9. The van der Waals surface area contributed by atoms with Gasteiger partial charge in [0.15, 0.2) is 12.4 Å². The predicted octanol–water partition coefficient (Wildman–Crippen LogP) is 8.10. The minimum Gasteiger partial charge on any atom is -0.484 e. The lowest BCUT2D eigenvalue weighted by Crippen LogP contribution is -2.33. The largest absolute Gasteiger partial charge is 0.484 e. The van der Waals surface area contributed by atoms with E-state index < -0.39 is 19.3 Å². The van der Waals surface area contributed by atoms with Gasteiger partial charge in [-0.3, -0.25) is 9.36 Å². The molecule has 1 amide bonds. The van der Waals surface area contributed by atoms with Crippen molar-refractivity contribution >= 4 is 19.6 Å². The zero-order valence-electron chi connectivity index (χ0n) is 23.3. The molecule has 38 heavy (non-hydrogen) atoms. The molecule has 0 aliphatic heterocycles. The van der Waals surface area contributed by atoms with Gasteiger partial charge in [0, 0.05) is 5.41 Å². The molecule has 2 aromatic rings. The highest BCUT2D eigenvalue weighted by atomic mass is 31.2. The Morgan fingerprint density at radius 1 is 1.05 bits per heavy atom. The highest BCUT2D eigenvalue weighted by molar-refractivity contribution is 7.54. The second-order valence-corrected chi connectivity index (χ2v) is 11.6. The van der Waals surface area contributed by atoms with Gasteiger partial charge in [0.2, 0.25) is 0 Å². The third-order valence-corrected chi connectivity index (χ3v) is 8.25. The van der Waals surface area contributed by atoms with Gasteiger partial charge < -0.3 is 19.1 Å². The molecule has 0 radical (unpaired) electrons. The summed E-state index contributed by atoms with van der Waals surface area (Å²) in [6.07, 6.45) is 10.5. The first kappa shape index (κ1) is 31.3. The molecule has 1 N–H and O–H groups in total. The van der Waals surface area contributed by atoms with E-state index in [1.54, 1.807) is 26.0 Å². The zero-order chi connectivity index (χ0) is 28.0. The summed E-state index contributed by atoms with van der Waals surface area (Å²) >= 11 is 0. The van der Waals surface area contributed by atoms with Crippen LogP contribution in [-0.4, -0.2) is 25.7 Å². The maximum Gasteiger partial charge on any atom is 0.357 e. The first-order chi connectivity index (χ1) is 18.1. The fourth-order valence-electron chi connectivity index (χ4n) is 3.76. The van der Waals surface area contributed by atoms with E-state index in [0.29, 0.717) is 11.3 Å². The molecule has 0 aliphatic rings. The van der Waals surface area contributed by atoms with Crippen LogP contribution >= 0.6 is 7.60 Å². The summed E-state index contributed by atoms with van der Waals surface area (Å²) in [6, 6.07) is 16.5. The van der Waals surface area contributed by atoms with Gasteiger partial charge in [-0.15, -0.1) is 6.58 Å². The maximum absolute atomic E-state index is 13.5. The first-order valence-corrected chi connectivity index (χ1v) is 14.7. The summed E-state index contributed by atoms with van der Waals surface area (Å²) in [5, 5.41) is 2.79. The van der Waals surface area contributed by atoms with Crippen LogP contribution in [0.3, 0.4) is 0 Å². The lowest BCUT2D eigenvalue weighted by Gasteiger charge is -2.27. The highest BCUT2D eigenvalue weighted by Crippen LogP contribution is 2.59. The number of carbonyl (C=O) groups is 1. The average Bonchev–Trinajstić information content (AvgIpc) is 2.90. The minimum absolute atomic E-state index is 0.100. The molecule has 206 valence electrons. The van der Waals surface area contributed by atoms with E-state index in [9.17, 15) is 9.36 Å². The third-order valence-electron chi connectivity index (χ3n) is 5.96. The van der Waals surface area contributed by atoms with Crippen LogP contribution in [-0.2, 0) is 18.4 Å². The van der Waals surface area contributed by atoms with Crippen molar-refractivity contribution in [1.29, 1.82) is 0 Å².